The summed E-state index contributed by atoms with van der Waals surface area (Å²) in [4.78, 5) is 0. The van der Waals surface area contributed by atoms with E-state index in [-0.39, 0.29) is 11.2 Å². The van der Waals surface area contributed by atoms with Crippen molar-refractivity contribution in [1.29, 1.82) is 0 Å². The molecule has 0 heterocycles. The summed E-state index contributed by atoms with van der Waals surface area (Å²) in [5.41, 5.74) is 3.11. The summed E-state index contributed by atoms with van der Waals surface area (Å²) in [5.74, 6) is 0.149. The van der Waals surface area contributed by atoms with Gasteiger partial charge in [-0.25, -0.2) is 13.1 Å². The number of benzene rings is 2. The van der Waals surface area contributed by atoms with Gasteiger partial charge in [0.05, 0.1) is 19.0 Å². The summed E-state index contributed by atoms with van der Waals surface area (Å²) in [5, 5.41) is 0. The molecule has 0 bridgehead atoms. The number of hydrogen-bond donors (Lipinski definition) is 1. The molecule has 0 saturated carbocycles. The largest absolute Gasteiger partial charge is 0.372 e. The molecule has 0 radical (unpaired) electrons. The van der Waals surface area contributed by atoms with Crippen molar-refractivity contribution in [2.45, 2.75) is 47.0 Å². The van der Waals surface area contributed by atoms with Crippen LogP contribution in [0.1, 0.15) is 43.9 Å². The summed E-state index contributed by atoms with van der Waals surface area (Å²) in [6, 6.07) is 17.9. The van der Waals surface area contributed by atoms with E-state index in [0.717, 1.165) is 16.7 Å². The van der Waals surface area contributed by atoms with Crippen LogP contribution in [0.4, 0.5) is 0 Å². The third kappa shape index (κ3) is 8.13. The van der Waals surface area contributed by atoms with Crippen LogP contribution >= 0.6 is 0 Å². The van der Waals surface area contributed by atoms with Crippen LogP contribution in [0.15, 0.2) is 54.6 Å². The normalized spacial score (nSPS) is 12.3. The molecule has 4 nitrogen and oxygen atoms in total. The van der Waals surface area contributed by atoms with E-state index in [1.165, 1.54) is 0 Å². The van der Waals surface area contributed by atoms with Crippen molar-refractivity contribution in [2.75, 3.05) is 5.75 Å². The number of ether oxygens (including phenoxy) is 1. The minimum Gasteiger partial charge on any atom is -0.372 e. The molecule has 0 saturated heterocycles. The minimum atomic E-state index is -3.26. The number of hydrogen-bond acceptors (Lipinski definition) is 3. The molecule has 0 unspecified atom stereocenters. The summed E-state index contributed by atoms with van der Waals surface area (Å²) >= 11 is 0. The van der Waals surface area contributed by atoms with Crippen molar-refractivity contribution in [1.82, 2.24) is 4.72 Å². The molecular weight excluding hydrogens is 346 g/mol. The molecule has 2 rings (SSSR count). The van der Waals surface area contributed by atoms with Gasteiger partial charge in [-0.15, -0.1) is 0 Å². The average Bonchev–Trinajstić information content (AvgIpc) is 2.59. The molecule has 0 aliphatic heterocycles. The van der Waals surface area contributed by atoms with Gasteiger partial charge in [-0.05, 0) is 28.5 Å². The lowest BCUT2D eigenvalue weighted by molar-refractivity contribution is 0.107. The van der Waals surface area contributed by atoms with Gasteiger partial charge in [0.25, 0.3) is 0 Å². The van der Waals surface area contributed by atoms with E-state index >= 15 is 0 Å². The van der Waals surface area contributed by atoms with Gasteiger partial charge < -0.3 is 4.74 Å². The first-order valence-corrected chi connectivity index (χ1v) is 10.6. The fraction of sp³-hybridized carbons (Fsp3) is 0.429. The van der Waals surface area contributed by atoms with E-state index < -0.39 is 10.0 Å². The van der Waals surface area contributed by atoms with Gasteiger partial charge in [0.2, 0.25) is 10.0 Å². The smallest absolute Gasteiger partial charge is 0.211 e. The monoisotopic (exact) mass is 375 g/mol. The van der Waals surface area contributed by atoms with Crippen molar-refractivity contribution in [3.8, 4) is 0 Å². The van der Waals surface area contributed by atoms with Crippen LogP contribution in [0.5, 0.6) is 0 Å². The highest BCUT2D eigenvalue weighted by Gasteiger charge is 2.17. The summed E-state index contributed by atoms with van der Waals surface area (Å²) in [7, 11) is -3.26. The molecule has 1 N–H and O–H groups in total. The van der Waals surface area contributed by atoms with Crippen LogP contribution in [0.2, 0.25) is 0 Å². The minimum absolute atomic E-state index is 0.00472. The summed E-state index contributed by atoms with van der Waals surface area (Å²) in [6.07, 6.45) is 0.635. The fourth-order valence-electron chi connectivity index (χ4n) is 2.40. The topological polar surface area (TPSA) is 55.4 Å². The van der Waals surface area contributed by atoms with E-state index in [4.69, 9.17) is 4.74 Å². The Bertz CT molecular complexity index is 780. The number of nitrogens with one attached hydrogen (secondary N) is 1. The molecule has 2 aromatic carbocycles. The summed E-state index contributed by atoms with van der Waals surface area (Å²) < 4.78 is 32.7. The Kier molecular flexibility index (Phi) is 7.38. The van der Waals surface area contributed by atoms with Crippen molar-refractivity contribution in [3.63, 3.8) is 0 Å². The van der Waals surface area contributed by atoms with Crippen molar-refractivity contribution >= 4 is 10.0 Å². The van der Waals surface area contributed by atoms with Crippen LogP contribution in [-0.4, -0.2) is 14.2 Å². The molecule has 0 fully saturated rings. The van der Waals surface area contributed by atoms with E-state index in [1.807, 2.05) is 75.4 Å². The highest BCUT2D eigenvalue weighted by molar-refractivity contribution is 7.89. The van der Waals surface area contributed by atoms with Crippen molar-refractivity contribution in [2.24, 2.45) is 5.41 Å². The fourth-order valence-corrected chi connectivity index (χ4v) is 3.81. The van der Waals surface area contributed by atoms with E-state index in [9.17, 15) is 8.42 Å². The lowest BCUT2D eigenvalue weighted by atomic mass is 9.94. The second kappa shape index (κ2) is 9.31. The first-order valence-electron chi connectivity index (χ1n) is 8.90. The van der Waals surface area contributed by atoms with E-state index in [0.29, 0.717) is 26.2 Å². The lowest BCUT2D eigenvalue weighted by Crippen LogP contribution is -2.28. The Hall–Kier alpha value is -1.69. The standard InChI is InChI=1S/C21H29NO3S/c1-21(2,3)12-13-26(23,24)22-15-19-10-7-11-20(14-19)17-25-16-18-8-5-4-6-9-18/h4-11,14,22H,12-13,15-17H2,1-3H3. The maximum atomic E-state index is 12.1. The van der Waals surface area contributed by atoms with Crippen molar-refractivity contribution in [3.05, 3.63) is 71.3 Å². The average molecular weight is 376 g/mol. The third-order valence-corrected chi connectivity index (χ3v) is 5.31. The van der Waals surface area contributed by atoms with Gasteiger partial charge in [-0.1, -0.05) is 75.4 Å². The van der Waals surface area contributed by atoms with Gasteiger partial charge in [-0.3, -0.25) is 0 Å². The molecule has 2 aromatic rings. The Labute approximate surface area is 157 Å². The van der Waals surface area contributed by atoms with E-state index in [1.54, 1.807) is 0 Å². The summed E-state index contributed by atoms with van der Waals surface area (Å²) in [6.45, 7) is 7.49. The van der Waals surface area contributed by atoms with Gasteiger partial charge >= 0.3 is 0 Å². The maximum Gasteiger partial charge on any atom is 0.211 e. The molecule has 26 heavy (non-hydrogen) atoms. The molecule has 142 valence electrons. The SMILES string of the molecule is CC(C)(C)CCS(=O)(=O)NCc1cccc(COCc2ccccc2)c1. The quantitative estimate of drug-likeness (QED) is 0.712. The highest BCUT2D eigenvalue weighted by Crippen LogP contribution is 2.19. The molecule has 0 amide bonds. The molecule has 0 atom stereocenters. The lowest BCUT2D eigenvalue weighted by Gasteiger charge is -2.18. The molecule has 0 aliphatic rings. The number of sulfonamides is 1. The van der Waals surface area contributed by atoms with Gasteiger partial charge in [0.15, 0.2) is 0 Å². The first-order chi connectivity index (χ1) is 12.2. The zero-order valence-corrected chi connectivity index (χ0v) is 16.7. The second-order valence-electron chi connectivity index (χ2n) is 7.75. The third-order valence-electron chi connectivity index (χ3n) is 3.99. The van der Waals surface area contributed by atoms with Crippen LogP contribution < -0.4 is 4.72 Å². The Morgan fingerprint density at radius 3 is 2.19 bits per heavy atom. The highest BCUT2D eigenvalue weighted by atomic mass is 32.2. The van der Waals surface area contributed by atoms with Gasteiger partial charge in [0, 0.05) is 6.54 Å². The second-order valence-corrected chi connectivity index (χ2v) is 9.68. The Morgan fingerprint density at radius 2 is 1.50 bits per heavy atom. The van der Waals surface area contributed by atoms with Crippen LogP contribution in [0, 0.1) is 5.41 Å². The Balaban J connectivity index is 1.82. The van der Waals surface area contributed by atoms with Crippen LogP contribution in [0.3, 0.4) is 0 Å². The zero-order valence-electron chi connectivity index (χ0n) is 15.9. The molecule has 0 aromatic heterocycles. The maximum absolute atomic E-state index is 12.1. The zero-order chi connectivity index (χ0) is 19.0. The molecular formula is C21H29NO3S. The van der Waals surface area contributed by atoms with Gasteiger partial charge in [0.1, 0.15) is 0 Å². The van der Waals surface area contributed by atoms with Crippen LogP contribution in [-0.2, 0) is 34.5 Å². The number of rotatable bonds is 9. The molecule has 0 spiro atoms. The Morgan fingerprint density at radius 1 is 0.885 bits per heavy atom. The molecule has 0 aliphatic carbocycles. The van der Waals surface area contributed by atoms with E-state index in [2.05, 4.69) is 4.72 Å². The van der Waals surface area contributed by atoms with Gasteiger partial charge in [-0.2, -0.15) is 0 Å². The first kappa shape index (κ1) is 20.6. The van der Waals surface area contributed by atoms with Crippen LogP contribution in [0.25, 0.3) is 0 Å². The predicted octanol–water partition coefficient (Wildman–Crippen LogP) is 4.26. The van der Waals surface area contributed by atoms with Crippen molar-refractivity contribution < 1.29 is 13.2 Å². The predicted molar refractivity (Wildman–Crippen MR) is 106 cm³/mol. The molecule has 5 heteroatoms.